The normalized spacial score (nSPS) is 16.4. The van der Waals surface area contributed by atoms with Gasteiger partial charge < -0.3 is 26.3 Å². The second-order valence-electron chi connectivity index (χ2n) is 8.37. The van der Waals surface area contributed by atoms with Gasteiger partial charge in [-0.2, -0.15) is 5.26 Å². The molecule has 33 heavy (non-hydrogen) atoms. The maximum absolute atomic E-state index is 12.8. The van der Waals surface area contributed by atoms with E-state index in [9.17, 15) is 9.59 Å². The number of nitriles is 1. The first-order valence-corrected chi connectivity index (χ1v) is 10.9. The Hall–Kier alpha value is -4.06. The van der Waals surface area contributed by atoms with Crippen LogP contribution in [0.5, 0.6) is 0 Å². The number of H-pyrrole nitrogens is 1. The van der Waals surface area contributed by atoms with Crippen molar-refractivity contribution in [2.24, 2.45) is 16.6 Å². The molecule has 0 radical (unpaired) electrons. The van der Waals surface area contributed by atoms with Gasteiger partial charge in [0.15, 0.2) is 0 Å². The number of hydrogen-bond donors (Lipinski definition) is 4. The van der Waals surface area contributed by atoms with Gasteiger partial charge in [-0.05, 0) is 55.3 Å². The third-order valence-corrected chi connectivity index (χ3v) is 5.76. The number of nitrogens with two attached hydrogens (primary N) is 1. The number of likely N-dealkylation sites (tertiary alicyclic amines) is 1. The zero-order chi connectivity index (χ0) is 23.4. The molecule has 4 rings (SSSR count). The van der Waals surface area contributed by atoms with E-state index in [1.807, 2.05) is 31.2 Å². The van der Waals surface area contributed by atoms with Crippen LogP contribution in [0, 0.1) is 24.2 Å². The molecule has 1 aliphatic heterocycles. The van der Waals surface area contributed by atoms with E-state index in [-0.39, 0.29) is 23.9 Å². The molecular formula is C24H27N7O2. The predicted octanol–water partition coefficient (Wildman–Crippen LogP) is 2.66. The highest BCUT2D eigenvalue weighted by Gasteiger charge is 2.32. The van der Waals surface area contributed by atoms with E-state index < -0.39 is 0 Å². The number of nitrogens with zero attached hydrogens (tertiary/aromatic N) is 3. The van der Waals surface area contributed by atoms with E-state index in [0.29, 0.717) is 36.6 Å². The summed E-state index contributed by atoms with van der Waals surface area (Å²) < 4.78 is 0. The maximum atomic E-state index is 12.8. The molecular weight excluding hydrogens is 418 g/mol. The van der Waals surface area contributed by atoms with Crippen molar-refractivity contribution >= 4 is 23.3 Å². The quantitative estimate of drug-likeness (QED) is 0.487. The Labute approximate surface area is 192 Å². The summed E-state index contributed by atoms with van der Waals surface area (Å²) >= 11 is 0. The molecule has 5 N–H and O–H groups in total. The van der Waals surface area contributed by atoms with Crippen LogP contribution in [0.3, 0.4) is 0 Å². The molecule has 2 aromatic rings. The smallest absolute Gasteiger partial charge is 0.319 e. The molecule has 2 heterocycles. The SMILES string of the molecule is Cc1c(C(=O)N2CC(C#N)C2)c[nH]c1C(/C=C\N)=NCc1cccc(NC(=O)NC2CC2)c1. The van der Waals surface area contributed by atoms with Gasteiger partial charge in [0.25, 0.3) is 5.91 Å². The molecule has 0 unspecified atom stereocenters. The lowest BCUT2D eigenvalue weighted by Crippen LogP contribution is -2.49. The zero-order valence-electron chi connectivity index (χ0n) is 18.5. The Balaban J connectivity index is 1.46. The summed E-state index contributed by atoms with van der Waals surface area (Å²) in [7, 11) is 0. The highest BCUT2D eigenvalue weighted by Crippen LogP contribution is 2.23. The minimum absolute atomic E-state index is 0.0880. The summed E-state index contributed by atoms with van der Waals surface area (Å²) in [5, 5.41) is 14.7. The van der Waals surface area contributed by atoms with Crippen LogP contribution in [0.2, 0.25) is 0 Å². The summed E-state index contributed by atoms with van der Waals surface area (Å²) in [5.41, 5.74) is 9.96. The van der Waals surface area contributed by atoms with Crippen molar-refractivity contribution in [1.82, 2.24) is 15.2 Å². The molecule has 0 bridgehead atoms. The molecule has 1 saturated carbocycles. The second-order valence-corrected chi connectivity index (χ2v) is 8.37. The number of aromatic amines is 1. The number of aliphatic imine (C=N–C) groups is 1. The van der Waals surface area contributed by atoms with Crippen molar-refractivity contribution in [2.45, 2.75) is 32.4 Å². The Morgan fingerprint density at radius 3 is 2.85 bits per heavy atom. The lowest BCUT2D eigenvalue weighted by Gasteiger charge is -2.35. The fraction of sp³-hybridized carbons (Fsp3) is 0.333. The van der Waals surface area contributed by atoms with Crippen molar-refractivity contribution in [3.63, 3.8) is 0 Å². The van der Waals surface area contributed by atoms with Crippen LogP contribution in [0.15, 0.2) is 47.7 Å². The monoisotopic (exact) mass is 445 g/mol. The third kappa shape index (κ3) is 5.23. The number of hydrogen-bond acceptors (Lipinski definition) is 5. The summed E-state index contributed by atoms with van der Waals surface area (Å²) in [6, 6.07) is 9.79. The van der Waals surface area contributed by atoms with Crippen LogP contribution >= 0.6 is 0 Å². The van der Waals surface area contributed by atoms with E-state index in [1.54, 1.807) is 17.2 Å². The van der Waals surface area contributed by atoms with Gasteiger partial charge in [0.1, 0.15) is 0 Å². The number of urea groups is 1. The van der Waals surface area contributed by atoms with Crippen LogP contribution in [0.4, 0.5) is 10.5 Å². The highest BCUT2D eigenvalue weighted by molar-refractivity contribution is 6.10. The number of nitrogens with one attached hydrogen (secondary N) is 3. The maximum Gasteiger partial charge on any atom is 0.319 e. The molecule has 3 amide bonds. The summed E-state index contributed by atoms with van der Waals surface area (Å²) in [5.74, 6) is -0.184. The number of rotatable bonds is 7. The number of anilines is 1. The van der Waals surface area contributed by atoms with Crippen LogP contribution in [0.1, 0.15) is 40.0 Å². The van der Waals surface area contributed by atoms with E-state index >= 15 is 0 Å². The second kappa shape index (κ2) is 9.61. The first-order valence-electron chi connectivity index (χ1n) is 10.9. The zero-order valence-corrected chi connectivity index (χ0v) is 18.5. The largest absolute Gasteiger partial charge is 0.405 e. The van der Waals surface area contributed by atoms with Crippen molar-refractivity contribution < 1.29 is 9.59 Å². The Morgan fingerprint density at radius 2 is 2.15 bits per heavy atom. The molecule has 2 fully saturated rings. The van der Waals surface area contributed by atoms with Gasteiger partial charge in [-0.1, -0.05) is 12.1 Å². The number of carbonyl (C=O) groups is 2. The van der Waals surface area contributed by atoms with Gasteiger partial charge in [0.05, 0.1) is 35.5 Å². The van der Waals surface area contributed by atoms with E-state index in [4.69, 9.17) is 16.0 Å². The van der Waals surface area contributed by atoms with E-state index in [1.165, 1.54) is 6.20 Å². The molecule has 1 aromatic carbocycles. The Morgan fingerprint density at radius 1 is 1.36 bits per heavy atom. The minimum Gasteiger partial charge on any atom is -0.405 e. The molecule has 9 heteroatoms. The van der Waals surface area contributed by atoms with E-state index in [0.717, 1.165) is 29.7 Å². The molecule has 170 valence electrons. The number of amides is 3. The van der Waals surface area contributed by atoms with Crippen molar-refractivity contribution in [2.75, 3.05) is 18.4 Å². The number of benzene rings is 1. The number of allylic oxidation sites excluding steroid dienone is 1. The molecule has 1 saturated heterocycles. The summed E-state index contributed by atoms with van der Waals surface area (Å²) in [4.78, 5) is 34.3. The van der Waals surface area contributed by atoms with Gasteiger partial charge >= 0.3 is 6.03 Å². The molecule has 9 nitrogen and oxygen atoms in total. The number of aromatic nitrogens is 1. The molecule has 2 aliphatic rings. The highest BCUT2D eigenvalue weighted by atomic mass is 16.2. The van der Waals surface area contributed by atoms with Crippen LogP contribution in [-0.2, 0) is 6.54 Å². The lowest BCUT2D eigenvalue weighted by molar-refractivity contribution is 0.0577. The van der Waals surface area contributed by atoms with Gasteiger partial charge in [-0.15, -0.1) is 0 Å². The molecule has 1 aromatic heterocycles. The average Bonchev–Trinajstić information content (AvgIpc) is 3.49. The standard InChI is InChI=1S/C24H27N7O2/c1-15-20(23(32)31-13-17(10-26)14-31)12-28-22(15)21(7-8-25)27-11-16-3-2-4-19(9-16)30-24(33)29-18-5-6-18/h2-4,7-9,12,17-18,28H,5-6,11,13-14,25H2,1H3,(H2,29,30,33)/b8-7-,27-21?. The van der Waals surface area contributed by atoms with Gasteiger partial charge in [0, 0.05) is 31.0 Å². The summed E-state index contributed by atoms with van der Waals surface area (Å²) in [6.45, 7) is 3.16. The first kappa shape index (κ1) is 22.1. The van der Waals surface area contributed by atoms with Gasteiger partial charge in [-0.3, -0.25) is 9.79 Å². The van der Waals surface area contributed by atoms with Crippen molar-refractivity contribution in [3.05, 3.63) is 65.1 Å². The van der Waals surface area contributed by atoms with Crippen LogP contribution in [-0.4, -0.2) is 46.7 Å². The first-order chi connectivity index (χ1) is 16.0. The Kier molecular flexibility index (Phi) is 6.45. The fourth-order valence-corrected chi connectivity index (χ4v) is 3.69. The van der Waals surface area contributed by atoms with Crippen molar-refractivity contribution in [1.29, 1.82) is 5.26 Å². The van der Waals surface area contributed by atoms with Gasteiger partial charge in [0.2, 0.25) is 0 Å². The fourth-order valence-electron chi connectivity index (χ4n) is 3.69. The van der Waals surface area contributed by atoms with Crippen LogP contribution < -0.4 is 16.4 Å². The predicted molar refractivity (Wildman–Crippen MR) is 126 cm³/mol. The average molecular weight is 446 g/mol. The molecule has 0 atom stereocenters. The number of carbonyl (C=O) groups excluding carboxylic acids is 2. The van der Waals surface area contributed by atoms with E-state index in [2.05, 4.69) is 21.7 Å². The Bertz CT molecular complexity index is 1150. The molecule has 0 spiro atoms. The third-order valence-electron chi connectivity index (χ3n) is 5.76. The van der Waals surface area contributed by atoms with Crippen molar-refractivity contribution in [3.8, 4) is 6.07 Å². The molecule has 1 aliphatic carbocycles. The summed E-state index contributed by atoms with van der Waals surface area (Å²) in [6.07, 6.45) is 6.84. The minimum atomic E-state index is -0.201. The lowest BCUT2D eigenvalue weighted by atomic mass is 10.00. The van der Waals surface area contributed by atoms with Gasteiger partial charge in [-0.25, -0.2) is 4.79 Å². The van der Waals surface area contributed by atoms with Crippen LogP contribution in [0.25, 0.3) is 0 Å². The topological polar surface area (TPSA) is 139 Å².